The number of carbonyl (C=O) groups excluding carboxylic acids is 1. The number of amides is 1. The number of aryl methyl sites for hydroxylation is 1. The lowest BCUT2D eigenvalue weighted by atomic mass is 10.2. The second kappa shape index (κ2) is 6.33. The Morgan fingerprint density at radius 2 is 1.92 bits per heavy atom. The Morgan fingerprint density at radius 1 is 1.17 bits per heavy atom. The van der Waals surface area contributed by atoms with Crippen LogP contribution in [0.4, 0.5) is 0 Å². The maximum Gasteiger partial charge on any atom is 0.274 e. The Kier molecular flexibility index (Phi) is 4.03. The molecule has 0 bridgehead atoms. The lowest BCUT2D eigenvalue weighted by Gasteiger charge is -2.34. The van der Waals surface area contributed by atoms with Crippen LogP contribution >= 0.6 is 11.3 Å². The standard InChI is InChI=1S/C17H19N5OS/c1-13-19-22-12-15(18-17(22)24-13)16(23)21-9-7-20(8-10-21)11-14-5-3-2-4-6-14/h2-6,12H,7-11H2,1H3. The molecule has 24 heavy (non-hydrogen) atoms. The van der Waals surface area contributed by atoms with Crippen LogP contribution < -0.4 is 0 Å². The van der Waals surface area contributed by atoms with E-state index >= 15 is 0 Å². The molecule has 7 heteroatoms. The molecule has 0 saturated carbocycles. The highest BCUT2D eigenvalue weighted by Crippen LogP contribution is 2.16. The van der Waals surface area contributed by atoms with E-state index in [4.69, 9.17) is 0 Å². The lowest BCUT2D eigenvalue weighted by molar-refractivity contribution is 0.0623. The Hall–Kier alpha value is -2.25. The number of fused-ring (bicyclic) bond motifs is 1. The summed E-state index contributed by atoms with van der Waals surface area (Å²) in [6.45, 7) is 6.13. The van der Waals surface area contributed by atoms with E-state index in [1.807, 2.05) is 17.9 Å². The predicted molar refractivity (Wildman–Crippen MR) is 93.2 cm³/mol. The first-order chi connectivity index (χ1) is 11.7. The molecule has 0 N–H and O–H groups in total. The van der Waals surface area contributed by atoms with Crippen molar-refractivity contribution in [3.63, 3.8) is 0 Å². The van der Waals surface area contributed by atoms with Gasteiger partial charge in [0.15, 0.2) is 0 Å². The van der Waals surface area contributed by atoms with Crippen LogP contribution in [-0.4, -0.2) is 56.5 Å². The summed E-state index contributed by atoms with van der Waals surface area (Å²) in [4.78, 5) is 22.1. The molecule has 0 atom stereocenters. The van der Waals surface area contributed by atoms with Crippen LogP contribution in [-0.2, 0) is 6.54 Å². The molecule has 1 amide bonds. The Balaban J connectivity index is 1.38. The zero-order chi connectivity index (χ0) is 16.5. The number of hydrogen-bond donors (Lipinski definition) is 0. The van der Waals surface area contributed by atoms with E-state index in [2.05, 4.69) is 39.2 Å². The van der Waals surface area contributed by atoms with Crippen molar-refractivity contribution >= 4 is 22.2 Å². The number of nitrogens with zero attached hydrogens (tertiary/aromatic N) is 5. The molecule has 1 aliphatic rings. The zero-order valence-electron chi connectivity index (χ0n) is 13.6. The second-order valence-electron chi connectivity index (χ2n) is 6.03. The molecule has 0 unspecified atom stereocenters. The molecule has 1 fully saturated rings. The first kappa shape index (κ1) is 15.3. The van der Waals surface area contributed by atoms with Gasteiger partial charge < -0.3 is 4.90 Å². The van der Waals surface area contributed by atoms with Gasteiger partial charge in [0, 0.05) is 32.7 Å². The summed E-state index contributed by atoms with van der Waals surface area (Å²) in [5.41, 5.74) is 1.80. The average Bonchev–Trinajstić information content (AvgIpc) is 3.13. The molecule has 3 aromatic rings. The van der Waals surface area contributed by atoms with E-state index < -0.39 is 0 Å². The molecule has 1 saturated heterocycles. The van der Waals surface area contributed by atoms with Crippen molar-refractivity contribution in [2.24, 2.45) is 0 Å². The van der Waals surface area contributed by atoms with Crippen molar-refractivity contribution < 1.29 is 4.79 Å². The van der Waals surface area contributed by atoms with Crippen LogP contribution in [0.2, 0.25) is 0 Å². The van der Waals surface area contributed by atoms with Crippen molar-refractivity contribution in [3.05, 3.63) is 52.8 Å². The van der Waals surface area contributed by atoms with Crippen LogP contribution in [0.1, 0.15) is 21.1 Å². The summed E-state index contributed by atoms with van der Waals surface area (Å²) in [6, 6.07) is 10.4. The van der Waals surface area contributed by atoms with Crippen molar-refractivity contribution in [3.8, 4) is 0 Å². The summed E-state index contributed by atoms with van der Waals surface area (Å²) < 4.78 is 1.69. The van der Waals surface area contributed by atoms with Gasteiger partial charge in [0.1, 0.15) is 10.7 Å². The quantitative estimate of drug-likeness (QED) is 0.732. The smallest absolute Gasteiger partial charge is 0.274 e. The predicted octanol–water partition coefficient (Wildman–Crippen LogP) is 2.06. The van der Waals surface area contributed by atoms with Crippen molar-refractivity contribution in [1.82, 2.24) is 24.4 Å². The maximum atomic E-state index is 12.6. The van der Waals surface area contributed by atoms with Gasteiger partial charge in [-0.3, -0.25) is 9.69 Å². The largest absolute Gasteiger partial charge is 0.335 e. The summed E-state index contributed by atoms with van der Waals surface area (Å²) >= 11 is 1.50. The average molecular weight is 341 g/mol. The van der Waals surface area contributed by atoms with Crippen molar-refractivity contribution in [1.29, 1.82) is 0 Å². The molecule has 0 spiro atoms. The van der Waals surface area contributed by atoms with Gasteiger partial charge in [-0.25, -0.2) is 9.50 Å². The third-order valence-corrected chi connectivity index (χ3v) is 5.11. The van der Waals surface area contributed by atoms with Gasteiger partial charge in [0.25, 0.3) is 5.91 Å². The Bertz CT molecular complexity index is 817. The van der Waals surface area contributed by atoms with Gasteiger partial charge in [0.2, 0.25) is 4.96 Å². The molecule has 124 valence electrons. The van der Waals surface area contributed by atoms with E-state index in [9.17, 15) is 4.79 Å². The van der Waals surface area contributed by atoms with Gasteiger partial charge in [-0.15, -0.1) is 0 Å². The van der Waals surface area contributed by atoms with E-state index in [1.165, 1.54) is 16.9 Å². The van der Waals surface area contributed by atoms with Gasteiger partial charge in [0.05, 0.1) is 6.20 Å². The number of piperazine rings is 1. The van der Waals surface area contributed by atoms with Crippen LogP contribution in [0.3, 0.4) is 0 Å². The number of benzene rings is 1. The number of imidazole rings is 1. The highest BCUT2D eigenvalue weighted by Gasteiger charge is 2.24. The van der Waals surface area contributed by atoms with E-state index in [0.29, 0.717) is 5.69 Å². The molecule has 0 radical (unpaired) electrons. The summed E-state index contributed by atoms with van der Waals surface area (Å²) in [6.07, 6.45) is 1.73. The van der Waals surface area contributed by atoms with Gasteiger partial charge in [-0.1, -0.05) is 41.7 Å². The summed E-state index contributed by atoms with van der Waals surface area (Å²) in [5.74, 6) is 0.00436. The fraction of sp³-hybridized carbons (Fsp3) is 0.353. The van der Waals surface area contributed by atoms with E-state index in [1.54, 1.807) is 10.7 Å². The molecule has 2 aromatic heterocycles. The molecule has 1 aliphatic heterocycles. The highest BCUT2D eigenvalue weighted by atomic mass is 32.1. The van der Waals surface area contributed by atoms with Gasteiger partial charge >= 0.3 is 0 Å². The molecular formula is C17H19N5OS. The van der Waals surface area contributed by atoms with Crippen molar-refractivity contribution in [2.75, 3.05) is 26.2 Å². The Labute approximate surface area is 144 Å². The SMILES string of the molecule is Cc1nn2cc(C(=O)N3CCN(Cc4ccccc4)CC3)nc2s1. The van der Waals surface area contributed by atoms with E-state index in [-0.39, 0.29) is 5.91 Å². The van der Waals surface area contributed by atoms with Gasteiger partial charge in [-0.2, -0.15) is 5.10 Å². The summed E-state index contributed by atoms with van der Waals surface area (Å²) in [5, 5.41) is 5.26. The van der Waals surface area contributed by atoms with Crippen LogP contribution in [0.5, 0.6) is 0 Å². The van der Waals surface area contributed by atoms with Crippen molar-refractivity contribution in [2.45, 2.75) is 13.5 Å². The number of hydrogen-bond acceptors (Lipinski definition) is 5. The second-order valence-corrected chi connectivity index (χ2v) is 7.19. The van der Waals surface area contributed by atoms with Crippen LogP contribution in [0, 0.1) is 6.92 Å². The zero-order valence-corrected chi connectivity index (χ0v) is 14.4. The summed E-state index contributed by atoms with van der Waals surface area (Å²) in [7, 11) is 0. The van der Waals surface area contributed by atoms with E-state index in [0.717, 1.165) is 42.7 Å². The lowest BCUT2D eigenvalue weighted by Crippen LogP contribution is -2.48. The third kappa shape index (κ3) is 3.05. The third-order valence-electron chi connectivity index (χ3n) is 4.27. The number of rotatable bonds is 3. The molecule has 6 nitrogen and oxygen atoms in total. The topological polar surface area (TPSA) is 53.7 Å². The molecule has 4 rings (SSSR count). The first-order valence-electron chi connectivity index (χ1n) is 8.07. The monoisotopic (exact) mass is 341 g/mol. The minimum Gasteiger partial charge on any atom is -0.335 e. The minimum atomic E-state index is 0.00436. The number of aromatic nitrogens is 3. The molecule has 1 aromatic carbocycles. The fourth-order valence-corrected chi connectivity index (χ4v) is 3.74. The minimum absolute atomic E-state index is 0.00436. The number of carbonyl (C=O) groups is 1. The molecule has 3 heterocycles. The van der Waals surface area contributed by atoms with Crippen LogP contribution in [0.25, 0.3) is 4.96 Å². The van der Waals surface area contributed by atoms with Crippen LogP contribution in [0.15, 0.2) is 36.5 Å². The Morgan fingerprint density at radius 3 is 2.62 bits per heavy atom. The van der Waals surface area contributed by atoms with Gasteiger partial charge in [-0.05, 0) is 12.5 Å². The first-order valence-corrected chi connectivity index (χ1v) is 8.89. The normalized spacial score (nSPS) is 16.0. The maximum absolute atomic E-state index is 12.6. The molecular weight excluding hydrogens is 322 g/mol. The fourth-order valence-electron chi connectivity index (χ4n) is 3.02. The molecule has 0 aliphatic carbocycles. The highest BCUT2D eigenvalue weighted by molar-refractivity contribution is 7.16.